The Balaban J connectivity index is 2.23. The summed E-state index contributed by atoms with van der Waals surface area (Å²) in [6.45, 7) is 8.78. The lowest BCUT2D eigenvalue weighted by molar-refractivity contribution is -0.385. The van der Waals surface area contributed by atoms with Crippen LogP contribution < -0.4 is 5.32 Å². The Morgan fingerprint density at radius 2 is 1.97 bits per heavy atom. The maximum absolute atomic E-state index is 13.7. The van der Waals surface area contributed by atoms with Crippen LogP contribution in [0.25, 0.3) is 0 Å². The molecule has 2 aliphatic rings. The molecule has 0 saturated carbocycles. The predicted molar refractivity (Wildman–Crippen MR) is 124 cm³/mol. The van der Waals surface area contributed by atoms with Crippen LogP contribution in [0, 0.1) is 28.9 Å². The molecule has 0 bridgehead atoms. The molecular weight excluding hydrogens is 440 g/mol. The number of aryl methyl sites for hydroxylation is 1. The Labute approximate surface area is 198 Å². The molecule has 1 aromatic rings. The van der Waals surface area contributed by atoms with Crippen molar-refractivity contribution in [2.75, 3.05) is 7.11 Å². The number of methoxy groups -OCH3 is 1. The van der Waals surface area contributed by atoms with Crippen LogP contribution >= 0.6 is 0 Å². The van der Waals surface area contributed by atoms with E-state index in [4.69, 9.17) is 9.47 Å². The summed E-state index contributed by atoms with van der Waals surface area (Å²) in [6, 6.07) is 4.65. The van der Waals surface area contributed by atoms with Crippen LogP contribution in [0.2, 0.25) is 0 Å². The Morgan fingerprint density at radius 1 is 1.29 bits per heavy atom. The second-order valence-electron chi connectivity index (χ2n) is 8.96. The van der Waals surface area contributed by atoms with Gasteiger partial charge in [-0.05, 0) is 45.1 Å². The molecule has 4 atom stereocenters. The molecule has 0 radical (unpaired) electrons. The summed E-state index contributed by atoms with van der Waals surface area (Å²) < 4.78 is 10.5. The number of dihydropyridines is 1. The van der Waals surface area contributed by atoms with Gasteiger partial charge in [0, 0.05) is 34.5 Å². The van der Waals surface area contributed by atoms with Gasteiger partial charge in [0.15, 0.2) is 5.78 Å². The highest BCUT2D eigenvalue weighted by atomic mass is 16.6. The van der Waals surface area contributed by atoms with Crippen molar-refractivity contribution < 1.29 is 28.8 Å². The van der Waals surface area contributed by atoms with E-state index >= 15 is 0 Å². The number of Topliss-reactive ketones (excluding diaryl/α,β-unsaturated/α-hetero) is 1. The molecule has 9 heteroatoms. The largest absolute Gasteiger partial charge is 0.468 e. The van der Waals surface area contributed by atoms with Crippen LogP contribution in [-0.2, 0) is 23.9 Å². The molecule has 182 valence electrons. The van der Waals surface area contributed by atoms with E-state index in [9.17, 15) is 24.5 Å². The van der Waals surface area contributed by atoms with Gasteiger partial charge in [0.25, 0.3) is 5.69 Å². The van der Waals surface area contributed by atoms with Crippen molar-refractivity contribution in [3.63, 3.8) is 0 Å². The molecule has 0 spiro atoms. The molecule has 0 saturated heterocycles. The number of ether oxygens (including phenoxy) is 2. The second kappa shape index (κ2) is 9.79. The van der Waals surface area contributed by atoms with Gasteiger partial charge in [0.05, 0.1) is 23.7 Å². The number of benzene rings is 1. The van der Waals surface area contributed by atoms with Gasteiger partial charge in [-0.15, -0.1) is 0 Å². The lowest BCUT2D eigenvalue weighted by atomic mass is 9.69. The number of nitro benzene ring substituents is 1. The zero-order valence-corrected chi connectivity index (χ0v) is 20.3. The molecule has 1 heterocycles. The summed E-state index contributed by atoms with van der Waals surface area (Å²) in [5.41, 5.74) is 2.30. The Kier molecular flexibility index (Phi) is 7.24. The fourth-order valence-corrected chi connectivity index (χ4v) is 4.62. The smallest absolute Gasteiger partial charge is 0.337 e. The standard InChI is InChI=1S/C25H30N2O7/c1-7-14(4)34-25(30)20-15(5)26-17-10-13(3)19(24(29)33-6)23(28)22(17)21(20)16-9-8-12(2)18(11-16)27(31)32/h8-9,11,13-14,19,21,26H,7,10H2,1-6H3/t13-,14-,19-,21+/m0/s1. The summed E-state index contributed by atoms with van der Waals surface area (Å²) in [5, 5.41) is 14.8. The van der Waals surface area contributed by atoms with E-state index in [2.05, 4.69) is 5.32 Å². The highest BCUT2D eigenvalue weighted by molar-refractivity contribution is 6.12. The number of hydrogen-bond donors (Lipinski definition) is 1. The van der Waals surface area contributed by atoms with Crippen LogP contribution in [0.15, 0.2) is 40.7 Å². The number of nitrogens with zero attached hydrogens (tertiary/aromatic N) is 1. The summed E-state index contributed by atoms with van der Waals surface area (Å²) in [6.07, 6.45) is 0.623. The zero-order valence-electron chi connectivity index (χ0n) is 20.3. The molecular formula is C25H30N2O7. The van der Waals surface area contributed by atoms with Gasteiger partial charge >= 0.3 is 11.9 Å². The molecule has 9 nitrogen and oxygen atoms in total. The third-order valence-electron chi connectivity index (χ3n) is 6.61. The quantitative estimate of drug-likeness (QED) is 0.288. The maximum Gasteiger partial charge on any atom is 0.337 e. The molecule has 34 heavy (non-hydrogen) atoms. The van der Waals surface area contributed by atoms with Crippen molar-refractivity contribution in [2.45, 2.75) is 59.5 Å². The summed E-state index contributed by atoms with van der Waals surface area (Å²) in [4.78, 5) is 50.6. The van der Waals surface area contributed by atoms with Gasteiger partial charge < -0.3 is 14.8 Å². The number of nitro groups is 1. The normalized spacial score (nSPS) is 23.1. The minimum Gasteiger partial charge on any atom is -0.468 e. The average Bonchev–Trinajstić information content (AvgIpc) is 2.77. The van der Waals surface area contributed by atoms with E-state index in [-0.39, 0.29) is 28.9 Å². The first-order valence-corrected chi connectivity index (χ1v) is 11.3. The number of allylic oxidation sites excluding steroid dienone is 3. The summed E-state index contributed by atoms with van der Waals surface area (Å²) in [7, 11) is 1.23. The van der Waals surface area contributed by atoms with Crippen molar-refractivity contribution in [3.05, 3.63) is 62.0 Å². The predicted octanol–water partition coefficient (Wildman–Crippen LogP) is 3.86. The maximum atomic E-state index is 13.7. The molecule has 0 fully saturated rings. The first-order chi connectivity index (χ1) is 16.0. The molecule has 1 aliphatic carbocycles. The first kappa shape index (κ1) is 25.1. The fraction of sp³-hybridized carbons (Fsp3) is 0.480. The molecule has 3 rings (SSSR count). The average molecular weight is 471 g/mol. The van der Waals surface area contributed by atoms with Crippen LogP contribution in [0.3, 0.4) is 0 Å². The van der Waals surface area contributed by atoms with Crippen molar-refractivity contribution in [2.24, 2.45) is 11.8 Å². The number of nitrogens with one attached hydrogen (secondary N) is 1. The highest BCUT2D eigenvalue weighted by Crippen LogP contribution is 2.46. The molecule has 0 unspecified atom stereocenters. The van der Waals surface area contributed by atoms with Crippen molar-refractivity contribution in [3.8, 4) is 0 Å². The highest BCUT2D eigenvalue weighted by Gasteiger charge is 2.47. The van der Waals surface area contributed by atoms with Gasteiger partial charge in [0.1, 0.15) is 5.92 Å². The van der Waals surface area contributed by atoms with E-state index < -0.39 is 34.5 Å². The number of carbonyl (C=O) groups is 3. The Hall–Kier alpha value is -3.49. The van der Waals surface area contributed by atoms with Gasteiger partial charge in [-0.2, -0.15) is 0 Å². The molecule has 0 amide bonds. The van der Waals surface area contributed by atoms with Crippen LogP contribution in [0.1, 0.15) is 57.6 Å². The lowest BCUT2D eigenvalue weighted by Crippen LogP contribution is -2.43. The van der Waals surface area contributed by atoms with Gasteiger partial charge in [-0.1, -0.05) is 26.0 Å². The van der Waals surface area contributed by atoms with Crippen LogP contribution in [0.4, 0.5) is 5.69 Å². The number of carbonyl (C=O) groups excluding carboxylic acids is 3. The van der Waals surface area contributed by atoms with Gasteiger partial charge in [-0.25, -0.2) is 4.79 Å². The number of rotatable bonds is 6. The summed E-state index contributed by atoms with van der Waals surface area (Å²) in [5.74, 6) is -3.98. The zero-order chi connectivity index (χ0) is 25.3. The summed E-state index contributed by atoms with van der Waals surface area (Å²) >= 11 is 0. The number of hydrogen-bond acceptors (Lipinski definition) is 8. The Morgan fingerprint density at radius 3 is 2.56 bits per heavy atom. The van der Waals surface area contributed by atoms with E-state index in [1.165, 1.54) is 13.2 Å². The lowest BCUT2D eigenvalue weighted by Gasteiger charge is -2.38. The monoisotopic (exact) mass is 470 g/mol. The molecule has 1 N–H and O–H groups in total. The number of ketones is 1. The van der Waals surface area contributed by atoms with Crippen molar-refractivity contribution in [1.29, 1.82) is 0 Å². The van der Waals surface area contributed by atoms with Crippen LogP contribution in [-0.4, -0.2) is 35.9 Å². The number of esters is 2. The van der Waals surface area contributed by atoms with Gasteiger partial charge in [-0.3, -0.25) is 19.7 Å². The molecule has 1 aliphatic heterocycles. The van der Waals surface area contributed by atoms with E-state index in [0.29, 0.717) is 35.4 Å². The van der Waals surface area contributed by atoms with E-state index in [1.807, 2.05) is 6.92 Å². The Bertz CT molecular complexity index is 1120. The van der Waals surface area contributed by atoms with Crippen LogP contribution in [0.5, 0.6) is 0 Å². The topological polar surface area (TPSA) is 125 Å². The SMILES string of the molecule is CC[C@H](C)OC(=O)C1=C(C)NC2=C(C(=O)[C@@H](C(=O)OC)[C@@H](C)C2)[C@@H]1c1ccc(C)c([N+](=O)[O-])c1. The third kappa shape index (κ3) is 4.47. The van der Waals surface area contributed by atoms with Crippen molar-refractivity contribution >= 4 is 23.4 Å². The molecule has 0 aromatic heterocycles. The minimum absolute atomic E-state index is 0.119. The van der Waals surface area contributed by atoms with Crippen molar-refractivity contribution in [1.82, 2.24) is 5.32 Å². The van der Waals surface area contributed by atoms with E-state index in [1.54, 1.807) is 39.8 Å². The third-order valence-corrected chi connectivity index (χ3v) is 6.61. The first-order valence-electron chi connectivity index (χ1n) is 11.3. The second-order valence-corrected chi connectivity index (χ2v) is 8.96. The van der Waals surface area contributed by atoms with E-state index in [0.717, 1.165) is 0 Å². The van der Waals surface area contributed by atoms with Gasteiger partial charge in [0.2, 0.25) is 0 Å². The molecule has 1 aromatic carbocycles. The minimum atomic E-state index is -1.03. The fourth-order valence-electron chi connectivity index (χ4n) is 4.62.